The highest BCUT2D eigenvalue weighted by atomic mass is 19.1. The maximum atomic E-state index is 13.2. The number of benzene rings is 2. The fraction of sp³-hybridized carbons (Fsp3) is 0.304. The SMILES string of the molecule is Cc1cc(C)cc(Nc2cc(N3CCN(c4ccc(F)cc4)CC3)nc(C)n2)c1. The molecule has 1 aliphatic heterocycles. The van der Waals surface area contributed by atoms with E-state index in [0.717, 1.165) is 55.0 Å². The number of aromatic nitrogens is 2. The molecule has 5 nitrogen and oxygen atoms in total. The maximum Gasteiger partial charge on any atom is 0.136 e. The van der Waals surface area contributed by atoms with E-state index < -0.39 is 0 Å². The van der Waals surface area contributed by atoms with Gasteiger partial charge in [0, 0.05) is 43.6 Å². The second-order valence-corrected chi connectivity index (χ2v) is 7.61. The number of aryl methyl sites for hydroxylation is 3. The van der Waals surface area contributed by atoms with E-state index in [2.05, 4.69) is 57.1 Å². The lowest BCUT2D eigenvalue weighted by atomic mass is 10.1. The van der Waals surface area contributed by atoms with Gasteiger partial charge in [-0.3, -0.25) is 0 Å². The Kier molecular flexibility index (Phi) is 5.34. The van der Waals surface area contributed by atoms with E-state index in [1.54, 1.807) is 0 Å². The van der Waals surface area contributed by atoms with E-state index in [1.807, 2.05) is 25.1 Å². The van der Waals surface area contributed by atoms with Crippen molar-refractivity contribution < 1.29 is 4.39 Å². The lowest BCUT2D eigenvalue weighted by Gasteiger charge is -2.36. The van der Waals surface area contributed by atoms with Crippen LogP contribution >= 0.6 is 0 Å². The van der Waals surface area contributed by atoms with E-state index in [4.69, 9.17) is 0 Å². The predicted molar refractivity (Wildman–Crippen MR) is 117 cm³/mol. The molecule has 3 aromatic rings. The van der Waals surface area contributed by atoms with Gasteiger partial charge in [-0.05, 0) is 68.3 Å². The summed E-state index contributed by atoms with van der Waals surface area (Å²) in [5.41, 5.74) is 4.53. The Morgan fingerprint density at radius 2 is 1.41 bits per heavy atom. The molecule has 150 valence electrons. The molecule has 0 unspecified atom stereocenters. The van der Waals surface area contributed by atoms with E-state index in [9.17, 15) is 4.39 Å². The normalized spacial score (nSPS) is 14.2. The van der Waals surface area contributed by atoms with Crippen LogP contribution in [0.4, 0.5) is 27.4 Å². The van der Waals surface area contributed by atoms with Crippen LogP contribution in [-0.2, 0) is 0 Å². The van der Waals surface area contributed by atoms with Crippen molar-refractivity contribution in [2.75, 3.05) is 41.3 Å². The molecule has 1 aliphatic rings. The summed E-state index contributed by atoms with van der Waals surface area (Å²) in [5.74, 6) is 2.28. The first-order valence-electron chi connectivity index (χ1n) is 9.93. The first-order valence-corrected chi connectivity index (χ1v) is 9.93. The fourth-order valence-electron chi connectivity index (χ4n) is 3.82. The van der Waals surface area contributed by atoms with E-state index in [1.165, 1.54) is 23.3 Å². The molecule has 0 aliphatic carbocycles. The van der Waals surface area contributed by atoms with Gasteiger partial charge in [0.2, 0.25) is 0 Å². The van der Waals surface area contributed by atoms with Crippen molar-refractivity contribution in [2.45, 2.75) is 20.8 Å². The zero-order valence-electron chi connectivity index (χ0n) is 17.1. The van der Waals surface area contributed by atoms with Crippen molar-refractivity contribution in [3.05, 3.63) is 71.3 Å². The summed E-state index contributed by atoms with van der Waals surface area (Å²) in [4.78, 5) is 13.8. The molecule has 1 aromatic heterocycles. The standard InChI is InChI=1S/C23H26FN5/c1-16-12-17(2)14-20(13-16)27-22-15-23(26-18(3)25-22)29-10-8-28(9-11-29)21-6-4-19(24)5-7-21/h4-7,12-15H,8-11H2,1-3H3,(H,25,26,27). The Bertz CT molecular complexity index is 974. The van der Waals surface area contributed by atoms with Crippen LogP contribution in [0.25, 0.3) is 0 Å². The quantitative estimate of drug-likeness (QED) is 0.704. The molecule has 6 heteroatoms. The van der Waals surface area contributed by atoms with Crippen molar-refractivity contribution >= 4 is 23.0 Å². The summed E-state index contributed by atoms with van der Waals surface area (Å²) in [5, 5.41) is 3.42. The van der Waals surface area contributed by atoms with Crippen molar-refractivity contribution in [2.24, 2.45) is 0 Å². The summed E-state index contributed by atoms with van der Waals surface area (Å²) in [6, 6.07) is 15.1. The lowest BCUT2D eigenvalue weighted by Crippen LogP contribution is -2.46. The Morgan fingerprint density at radius 3 is 2.07 bits per heavy atom. The number of anilines is 4. The second kappa shape index (κ2) is 8.07. The minimum atomic E-state index is -0.201. The third-order valence-corrected chi connectivity index (χ3v) is 5.11. The number of piperazine rings is 1. The first kappa shape index (κ1) is 19.2. The molecule has 29 heavy (non-hydrogen) atoms. The van der Waals surface area contributed by atoms with Crippen LogP contribution < -0.4 is 15.1 Å². The summed E-state index contributed by atoms with van der Waals surface area (Å²) in [7, 11) is 0. The van der Waals surface area contributed by atoms with Crippen LogP contribution in [0.3, 0.4) is 0 Å². The molecule has 0 bridgehead atoms. The van der Waals surface area contributed by atoms with Crippen molar-refractivity contribution in [3.63, 3.8) is 0 Å². The molecule has 0 atom stereocenters. The van der Waals surface area contributed by atoms with Crippen LogP contribution in [0.2, 0.25) is 0 Å². The van der Waals surface area contributed by atoms with Gasteiger partial charge < -0.3 is 15.1 Å². The molecule has 2 aromatic carbocycles. The number of hydrogen-bond donors (Lipinski definition) is 1. The highest BCUT2D eigenvalue weighted by Crippen LogP contribution is 2.24. The highest BCUT2D eigenvalue weighted by molar-refractivity contribution is 5.61. The van der Waals surface area contributed by atoms with E-state index >= 15 is 0 Å². The van der Waals surface area contributed by atoms with Crippen LogP contribution in [0.5, 0.6) is 0 Å². The Hall–Kier alpha value is -3.15. The van der Waals surface area contributed by atoms with Crippen molar-refractivity contribution in [3.8, 4) is 0 Å². The Balaban J connectivity index is 1.47. The molecule has 0 radical (unpaired) electrons. The third kappa shape index (κ3) is 4.65. The molecule has 1 fully saturated rings. The van der Waals surface area contributed by atoms with Gasteiger partial charge in [0.25, 0.3) is 0 Å². The van der Waals surface area contributed by atoms with Crippen molar-refractivity contribution in [1.29, 1.82) is 0 Å². The van der Waals surface area contributed by atoms with Gasteiger partial charge in [0.15, 0.2) is 0 Å². The Morgan fingerprint density at radius 1 is 0.793 bits per heavy atom. The molecule has 0 spiro atoms. The first-order chi connectivity index (χ1) is 14.0. The van der Waals surface area contributed by atoms with Gasteiger partial charge in [-0.15, -0.1) is 0 Å². The predicted octanol–water partition coefficient (Wildman–Crippen LogP) is 4.61. The van der Waals surface area contributed by atoms with Gasteiger partial charge in [-0.25, -0.2) is 14.4 Å². The smallest absolute Gasteiger partial charge is 0.136 e. The number of nitrogens with zero attached hydrogens (tertiary/aromatic N) is 4. The zero-order valence-corrected chi connectivity index (χ0v) is 17.1. The van der Waals surface area contributed by atoms with Gasteiger partial charge >= 0.3 is 0 Å². The maximum absolute atomic E-state index is 13.2. The van der Waals surface area contributed by atoms with Gasteiger partial charge in [0.05, 0.1) is 0 Å². The van der Waals surface area contributed by atoms with Crippen molar-refractivity contribution in [1.82, 2.24) is 9.97 Å². The number of rotatable bonds is 4. The second-order valence-electron chi connectivity index (χ2n) is 7.61. The third-order valence-electron chi connectivity index (χ3n) is 5.11. The lowest BCUT2D eigenvalue weighted by molar-refractivity contribution is 0.624. The molecule has 2 heterocycles. The number of hydrogen-bond acceptors (Lipinski definition) is 5. The highest BCUT2D eigenvalue weighted by Gasteiger charge is 2.19. The zero-order chi connectivity index (χ0) is 20.4. The largest absolute Gasteiger partial charge is 0.368 e. The Labute approximate surface area is 171 Å². The number of halogens is 1. The topological polar surface area (TPSA) is 44.3 Å². The summed E-state index contributed by atoms with van der Waals surface area (Å²) >= 11 is 0. The van der Waals surface area contributed by atoms with Crippen LogP contribution in [0, 0.1) is 26.6 Å². The van der Waals surface area contributed by atoms with E-state index in [-0.39, 0.29) is 5.82 Å². The van der Waals surface area contributed by atoms with Crippen LogP contribution in [0.1, 0.15) is 17.0 Å². The molecule has 0 amide bonds. The molecule has 1 N–H and O–H groups in total. The molecule has 4 rings (SSSR count). The summed E-state index contributed by atoms with van der Waals surface area (Å²) < 4.78 is 13.2. The van der Waals surface area contributed by atoms with Gasteiger partial charge in [0.1, 0.15) is 23.3 Å². The average molecular weight is 391 g/mol. The fourth-order valence-corrected chi connectivity index (χ4v) is 3.82. The van der Waals surface area contributed by atoms with E-state index in [0.29, 0.717) is 0 Å². The van der Waals surface area contributed by atoms with Crippen LogP contribution in [-0.4, -0.2) is 36.1 Å². The minimum absolute atomic E-state index is 0.201. The molecule has 1 saturated heterocycles. The minimum Gasteiger partial charge on any atom is -0.368 e. The average Bonchev–Trinajstić information content (AvgIpc) is 2.67. The van der Waals surface area contributed by atoms with Gasteiger partial charge in [-0.1, -0.05) is 6.07 Å². The van der Waals surface area contributed by atoms with Crippen LogP contribution in [0.15, 0.2) is 48.5 Å². The molecule has 0 saturated carbocycles. The van der Waals surface area contributed by atoms with Gasteiger partial charge in [-0.2, -0.15) is 0 Å². The molecular formula is C23H26FN5. The summed E-state index contributed by atoms with van der Waals surface area (Å²) in [6.07, 6.45) is 0. The molecular weight excluding hydrogens is 365 g/mol. The number of nitrogens with one attached hydrogen (secondary N) is 1. The monoisotopic (exact) mass is 391 g/mol. The summed E-state index contributed by atoms with van der Waals surface area (Å²) in [6.45, 7) is 9.56.